The number of carbonyl (C=O) groups is 1. The molecule has 3 aromatic rings. The third kappa shape index (κ3) is 3.65. The molecule has 0 saturated carbocycles. The van der Waals surface area contributed by atoms with E-state index in [1.165, 1.54) is 12.1 Å². The SMILES string of the molecule is Cc1c([C@@H](C)NC(=O)Nc2ccccc2F)cnn1-c1ccccn1. The highest BCUT2D eigenvalue weighted by atomic mass is 19.1. The van der Waals surface area contributed by atoms with Crippen LogP contribution in [0.4, 0.5) is 14.9 Å². The van der Waals surface area contributed by atoms with E-state index in [4.69, 9.17) is 0 Å². The van der Waals surface area contributed by atoms with Crippen molar-refractivity contribution in [1.82, 2.24) is 20.1 Å². The number of anilines is 1. The Morgan fingerprint density at radius 2 is 1.96 bits per heavy atom. The molecule has 0 aliphatic carbocycles. The first kappa shape index (κ1) is 16.6. The van der Waals surface area contributed by atoms with Gasteiger partial charge < -0.3 is 10.6 Å². The number of para-hydroxylation sites is 1. The number of halogens is 1. The zero-order chi connectivity index (χ0) is 17.8. The molecule has 6 nitrogen and oxygen atoms in total. The number of nitrogens with zero attached hydrogens (tertiary/aromatic N) is 3. The van der Waals surface area contributed by atoms with Crippen LogP contribution < -0.4 is 10.6 Å². The van der Waals surface area contributed by atoms with E-state index in [-0.39, 0.29) is 11.7 Å². The van der Waals surface area contributed by atoms with Gasteiger partial charge in [0.1, 0.15) is 5.82 Å². The second-order valence-corrected chi connectivity index (χ2v) is 5.59. The highest BCUT2D eigenvalue weighted by molar-refractivity contribution is 5.89. The largest absolute Gasteiger partial charge is 0.331 e. The van der Waals surface area contributed by atoms with Gasteiger partial charge in [0, 0.05) is 17.5 Å². The average Bonchev–Trinajstić information content (AvgIpc) is 2.99. The average molecular weight is 339 g/mol. The summed E-state index contributed by atoms with van der Waals surface area (Å²) in [5.74, 6) is 0.221. The lowest BCUT2D eigenvalue weighted by atomic mass is 10.1. The fraction of sp³-hybridized carbons (Fsp3) is 0.167. The van der Waals surface area contributed by atoms with Gasteiger partial charge in [-0.25, -0.2) is 18.9 Å². The monoisotopic (exact) mass is 339 g/mol. The third-order valence-electron chi connectivity index (χ3n) is 3.85. The summed E-state index contributed by atoms with van der Waals surface area (Å²) >= 11 is 0. The molecule has 0 aliphatic rings. The molecule has 0 aliphatic heterocycles. The van der Waals surface area contributed by atoms with Crippen LogP contribution in [0, 0.1) is 12.7 Å². The number of nitrogens with one attached hydrogen (secondary N) is 2. The second kappa shape index (κ2) is 7.12. The molecule has 2 amide bonds. The number of aromatic nitrogens is 3. The van der Waals surface area contributed by atoms with Gasteiger partial charge in [-0.3, -0.25) is 0 Å². The Labute approximate surface area is 144 Å². The summed E-state index contributed by atoms with van der Waals surface area (Å²) in [5.41, 5.74) is 1.86. The maximum atomic E-state index is 13.6. The normalized spacial score (nSPS) is 11.8. The molecule has 25 heavy (non-hydrogen) atoms. The standard InChI is InChI=1S/C18H18FN5O/c1-12(22-18(25)23-16-8-4-3-7-15(16)19)14-11-21-24(13(14)2)17-9-5-6-10-20-17/h3-12H,1-2H3,(H2,22,23,25)/t12-/m1/s1. The van der Waals surface area contributed by atoms with Gasteiger partial charge in [0.05, 0.1) is 17.9 Å². The second-order valence-electron chi connectivity index (χ2n) is 5.59. The fourth-order valence-corrected chi connectivity index (χ4v) is 2.55. The van der Waals surface area contributed by atoms with Crippen molar-refractivity contribution in [1.29, 1.82) is 0 Å². The summed E-state index contributed by atoms with van der Waals surface area (Å²) in [5, 5.41) is 9.63. The Morgan fingerprint density at radius 1 is 1.20 bits per heavy atom. The smallest absolute Gasteiger partial charge is 0.319 e. The molecular formula is C18H18FN5O. The zero-order valence-electron chi connectivity index (χ0n) is 13.9. The van der Waals surface area contributed by atoms with Crippen molar-refractivity contribution in [3.63, 3.8) is 0 Å². The van der Waals surface area contributed by atoms with Crippen molar-refractivity contribution < 1.29 is 9.18 Å². The van der Waals surface area contributed by atoms with Gasteiger partial charge in [-0.15, -0.1) is 0 Å². The van der Waals surface area contributed by atoms with Gasteiger partial charge in [-0.1, -0.05) is 18.2 Å². The number of rotatable bonds is 4. The number of benzene rings is 1. The van der Waals surface area contributed by atoms with Gasteiger partial charge >= 0.3 is 6.03 Å². The molecule has 2 heterocycles. The van der Waals surface area contributed by atoms with E-state index in [0.29, 0.717) is 5.82 Å². The van der Waals surface area contributed by atoms with Gasteiger partial charge in [0.25, 0.3) is 0 Å². The van der Waals surface area contributed by atoms with E-state index in [0.717, 1.165) is 11.3 Å². The molecule has 3 rings (SSSR count). The molecule has 0 radical (unpaired) electrons. The minimum absolute atomic E-state index is 0.133. The van der Waals surface area contributed by atoms with Crippen molar-refractivity contribution in [2.75, 3.05) is 5.32 Å². The predicted octanol–water partition coefficient (Wildman–Crippen LogP) is 3.60. The van der Waals surface area contributed by atoms with Crippen molar-refractivity contribution in [3.05, 3.63) is 71.9 Å². The number of urea groups is 1. The third-order valence-corrected chi connectivity index (χ3v) is 3.85. The number of hydrogen-bond acceptors (Lipinski definition) is 3. The van der Waals surface area contributed by atoms with E-state index < -0.39 is 11.8 Å². The minimum atomic E-state index is -0.484. The zero-order valence-corrected chi connectivity index (χ0v) is 13.9. The molecule has 0 unspecified atom stereocenters. The number of hydrogen-bond donors (Lipinski definition) is 2. The molecule has 2 N–H and O–H groups in total. The molecule has 1 aromatic carbocycles. The van der Waals surface area contributed by atoms with Crippen LogP contribution in [-0.4, -0.2) is 20.8 Å². The summed E-state index contributed by atoms with van der Waals surface area (Å²) < 4.78 is 15.3. The highest BCUT2D eigenvalue weighted by Crippen LogP contribution is 2.19. The maximum Gasteiger partial charge on any atom is 0.319 e. The van der Waals surface area contributed by atoms with Crippen LogP contribution >= 0.6 is 0 Å². The summed E-state index contributed by atoms with van der Waals surface area (Å²) in [4.78, 5) is 16.4. The Hall–Kier alpha value is -3.22. The van der Waals surface area contributed by atoms with Crippen molar-refractivity contribution in [3.8, 4) is 5.82 Å². The van der Waals surface area contributed by atoms with Crippen molar-refractivity contribution in [2.24, 2.45) is 0 Å². The maximum absolute atomic E-state index is 13.6. The highest BCUT2D eigenvalue weighted by Gasteiger charge is 2.17. The molecular weight excluding hydrogens is 321 g/mol. The van der Waals surface area contributed by atoms with E-state index in [1.807, 2.05) is 32.0 Å². The van der Waals surface area contributed by atoms with Gasteiger partial charge in [-0.2, -0.15) is 5.10 Å². The van der Waals surface area contributed by atoms with Crippen LogP contribution in [0.5, 0.6) is 0 Å². The number of amides is 2. The topological polar surface area (TPSA) is 71.8 Å². The Bertz CT molecular complexity index is 878. The lowest BCUT2D eigenvalue weighted by Gasteiger charge is -2.15. The van der Waals surface area contributed by atoms with Crippen LogP contribution in [-0.2, 0) is 0 Å². The first-order valence-corrected chi connectivity index (χ1v) is 7.84. The fourth-order valence-electron chi connectivity index (χ4n) is 2.55. The first-order chi connectivity index (χ1) is 12.1. The summed E-state index contributed by atoms with van der Waals surface area (Å²) in [6, 6.07) is 10.8. The van der Waals surface area contributed by atoms with Crippen LogP contribution in [0.2, 0.25) is 0 Å². The lowest BCUT2D eigenvalue weighted by Crippen LogP contribution is -2.31. The van der Waals surface area contributed by atoms with Crippen LogP contribution in [0.15, 0.2) is 54.9 Å². The Kier molecular flexibility index (Phi) is 4.74. The van der Waals surface area contributed by atoms with Gasteiger partial charge in [0.2, 0.25) is 0 Å². The summed E-state index contributed by atoms with van der Waals surface area (Å²) in [6.07, 6.45) is 3.39. The predicted molar refractivity (Wildman–Crippen MR) is 93.1 cm³/mol. The van der Waals surface area contributed by atoms with E-state index in [2.05, 4.69) is 20.7 Å². The number of carbonyl (C=O) groups excluding carboxylic acids is 1. The Balaban J connectivity index is 1.71. The van der Waals surface area contributed by atoms with Crippen molar-refractivity contribution >= 4 is 11.7 Å². The molecule has 2 aromatic heterocycles. The number of pyridine rings is 1. The van der Waals surface area contributed by atoms with Gasteiger partial charge in [-0.05, 0) is 38.1 Å². The van der Waals surface area contributed by atoms with Crippen LogP contribution in [0.25, 0.3) is 5.82 Å². The molecule has 7 heteroatoms. The molecule has 0 bridgehead atoms. The van der Waals surface area contributed by atoms with Crippen molar-refractivity contribution in [2.45, 2.75) is 19.9 Å². The van der Waals surface area contributed by atoms with E-state index in [1.54, 1.807) is 29.2 Å². The lowest BCUT2D eigenvalue weighted by molar-refractivity contribution is 0.249. The summed E-state index contributed by atoms with van der Waals surface area (Å²) in [6.45, 7) is 3.75. The van der Waals surface area contributed by atoms with E-state index in [9.17, 15) is 9.18 Å². The molecule has 0 spiro atoms. The first-order valence-electron chi connectivity index (χ1n) is 7.84. The molecule has 1 atom stereocenters. The Morgan fingerprint density at radius 3 is 2.68 bits per heavy atom. The summed E-state index contributed by atoms with van der Waals surface area (Å²) in [7, 11) is 0. The van der Waals surface area contributed by atoms with Crippen LogP contribution in [0.1, 0.15) is 24.2 Å². The quantitative estimate of drug-likeness (QED) is 0.763. The van der Waals surface area contributed by atoms with E-state index >= 15 is 0 Å². The molecule has 0 saturated heterocycles. The molecule has 0 fully saturated rings. The van der Waals surface area contributed by atoms with Crippen LogP contribution in [0.3, 0.4) is 0 Å². The molecule has 128 valence electrons. The van der Waals surface area contributed by atoms with Gasteiger partial charge in [0.15, 0.2) is 5.82 Å². The minimum Gasteiger partial charge on any atom is -0.331 e.